The van der Waals surface area contributed by atoms with Gasteiger partial charge >= 0.3 is 8.56 Å². The molecular weight excluding hydrogens is 204 g/mol. The van der Waals surface area contributed by atoms with Gasteiger partial charge in [-0.05, 0) is 18.2 Å². The van der Waals surface area contributed by atoms with Gasteiger partial charge in [0.2, 0.25) is 0 Å². The third kappa shape index (κ3) is 2.68. The van der Waals surface area contributed by atoms with Gasteiger partial charge < -0.3 is 8.85 Å². The monoisotopic (exact) mass is 224 g/mol. The van der Waals surface area contributed by atoms with Gasteiger partial charge in [0.05, 0.1) is 0 Å². The topological polar surface area (TPSA) is 18.5 Å². The summed E-state index contributed by atoms with van der Waals surface area (Å²) >= 11 is 0. The molecule has 0 saturated heterocycles. The largest absolute Gasteiger partial charge is 0.394 e. The maximum absolute atomic E-state index is 5.67. The normalized spacial score (nSPS) is 11.7. The van der Waals surface area contributed by atoms with Crippen molar-refractivity contribution in [2.24, 2.45) is 0 Å². The first-order chi connectivity index (χ1) is 7.18. The van der Waals surface area contributed by atoms with Crippen molar-refractivity contribution in [3.8, 4) is 0 Å². The highest BCUT2D eigenvalue weighted by Crippen LogP contribution is 2.14. The van der Waals surface area contributed by atoms with E-state index in [9.17, 15) is 0 Å². The van der Waals surface area contributed by atoms with Crippen LogP contribution in [0.2, 0.25) is 6.04 Å². The Labute approximate surface area is 93.5 Å². The van der Waals surface area contributed by atoms with Gasteiger partial charge in [0, 0.05) is 14.2 Å². The molecule has 0 N–H and O–H groups in total. The first-order valence-electron chi connectivity index (χ1n) is 5.36. The van der Waals surface area contributed by atoms with E-state index in [2.05, 4.69) is 38.1 Å². The van der Waals surface area contributed by atoms with Crippen LogP contribution in [0.15, 0.2) is 24.3 Å². The third-order valence-corrected chi connectivity index (χ3v) is 6.42. The van der Waals surface area contributed by atoms with E-state index in [1.165, 1.54) is 10.8 Å². The first-order valence-corrected chi connectivity index (χ1v) is 7.38. The molecule has 0 aliphatic rings. The van der Waals surface area contributed by atoms with Crippen molar-refractivity contribution in [3.63, 3.8) is 0 Å². The molecule has 0 aromatic heterocycles. The summed E-state index contributed by atoms with van der Waals surface area (Å²) in [7, 11) is 1.37. The van der Waals surface area contributed by atoms with E-state index in [1.54, 1.807) is 14.2 Å². The highest BCUT2D eigenvalue weighted by atomic mass is 28.4. The van der Waals surface area contributed by atoms with Crippen molar-refractivity contribution in [2.75, 3.05) is 14.2 Å². The zero-order chi connectivity index (χ0) is 11.3. The zero-order valence-electron chi connectivity index (χ0n) is 10.0. The van der Waals surface area contributed by atoms with Crippen LogP contribution in [-0.4, -0.2) is 22.8 Å². The van der Waals surface area contributed by atoms with Gasteiger partial charge in [-0.3, -0.25) is 0 Å². The number of aryl methyl sites for hydroxylation is 1. The molecule has 0 unspecified atom stereocenters. The van der Waals surface area contributed by atoms with Crippen LogP contribution in [0.5, 0.6) is 0 Å². The summed E-state index contributed by atoms with van der Waals surface area (Å²) in [5, 5.41) is 1.22. The van der Waals surface area contributed by atoms with Crippen LogP contribution in [-0.2, 0) is 8.85 Å². The Morgan fingerprint density at radius 3 is 2.00 bits per heavy atom. The molecule has 1 aromatic carbocycles. The van der Waals surface area contributed by atoms with E-state index in [0.717, 1.165) is 12.5 Å². The molecule has 0 fully saturated rings. The van der Waals surface area contributed by atoms with E-state index in [0.29, 0.717) is 0 Å². The number of hydrogen-bond acceptors (Lipinski definition) is 2. The smallest absolute Gasteiger partial charge is 0.371 e. The Morgan fingerprint density at radius 1 is 1.07 bits per heavy atom. The van der Waals surface area contributed by atoms with Crippen LogP contribution in [0.1, 0.15) is 18.9 Å². The summed E-state index contributed by atoms with van der Waals surface area (Å²) in [5.41, 5.74) is 1.27. The van der Waals surface area contributed by atoms with Crippen LogP contribution < -0.4 is 5.19 Å². The van der Waals surface area contributed by atoms with Gasteiger partial charge in [-0.25, -0.2) is 0 Å². The van der Waals surface area contributed by atoms with Gasteiger partial charge in [0.25, 0.3) is 0 Å². The highest BCUT2D eigenvalue weighted by Gasteiger charge is 2.36. The minimum absolute atomic E-state index is 1.00. The summed E-state index contributed by atoms with van der Waals surface area (Å²) < 4.78 is 11.3. The van der Waals surface area contributed by atoms with Crippen LogP contribution in [0, 0.1) is 6.92 Å². The molecule has 1 aromatic rings. The Hall–Kier alpha value is -0.643. The summed E-state index contributed by atoms with van der Waals surface area (Å²) in [6.07, 6.45) is 1.09. The van der Waals surface area contributed by atoms with Gasteiger partial charge in [-0.2, -0.15) is 0 Å². The average molecular weight is 224 g/mol. The molecule has 0 aliphatic heterocycles. The van der Waals surface area contributed by atoms with E-state index in [-0.39, 0.29) is 0 Å². The van der Waals surface area contributed by atoms with Gasteiger partial charge in [-0.1, -0.05) is 43.2 Å². The highest BCUT2D eigenvalue weighted by molar-refractivity contribution is 6.81. The van der Waals surface area contributed by atoms with E-state index in [4.69, 9.17) is 8.85 Å². The van der Waals surface area contributed by atoms with Crippen LogP contribution in [0.25, 0.3) is 0 Å². The minimum atomic E-state index is -2.14. The minimum Gasteiger partial charge on any atom is -0.394 e. The average Bonchev–Trinajstić information content (AvgIpc) is 2.27. The third-order valence-electron chi connectivity index (χ3n) is 2.73. The van der Waals surface area contributed by atoms with Crippen molar-refractivity contribution < 1.29 is 8.85 Å². The summed E-state index contributed by atoms with van der Waals surface area (Å²) in [5.74, 6) is 0. The molecule has 2 nitrogen and oxygen atoms in total. The predicted octanol–water partition coefficient (Wildman–Crippen LogP) is 2.35. The molecule has 0 spiro atoms. The van der Waals surface area contributed by atoms with Crippen molar-refractivity contribution in [1.82, 2.24) is 0 Å². The lowest BCUT2D eigenvalue weighted by Gasteiger charge is -2.27. The lowest BCUT2D eigenvalue weighted by molar-refractivity contribution is 0.257. The van der Waals surface area contributed by atoms with Crippen LogP contribution >= 0.6 is 0 Å². The molecule has 0 aliphatic carbocycles. The first kappa shape index (κ1) is 12.4. The van der Waals surface area contributed by atoms with Crippen molar-refractivity contribution in [1.29, 1.82) is 0 Å². The lowest BCUT2D eigenvalue weighted by Crippen LogP contribution is -2.52. The predicted molar refractivity (Wildman–Crippen MR) is 65.7 cm³/mol. The molecule has 0 amide bonds. The number of hydrogen-bond donors (Lipinski definition) is 0. The van der Waals surface area contributed by atoms with E-state index in [1.807, 2.05) is 0 Å². The van der Waals surface area contributed by atoms with E-state index >= 15 is 0 Å². The summed E-state index contributed by atoms with van der Waals surface area (Å²) in [6.45, 7) is 4.25. The molecule has 0 atom stereocenters. The van der Waals surface area contributed by atoms with E-state index < -0.39 is 8.56 Å². The fourth-order valence-corrected chi connectivity index (χ4v) is 4.47. The van der Waals surface area contributed by atoms with Crippen molar-refractivity contribution >= 4 is 13.7 Å². The fraction of sp³-hybridized carbons (Fsp3) is 0.500. The summed E-state index contributed by atoms with van der Waals surface area (Å²) in [4.78, 5) is 0. The van der Waals surface area contributed by atoms with Crippen molar-refractivity contribution in [3.05, 3.63) is 29.8 Å². The second kappa shape index (κ2) is 5.44. The number of benzene rings is 1. The summed E-state index contributed by atoms with van der Waals surface area (Å²) in [6, 6.07) is 9.49. The molecule has 84 valence electrons. The van der Waals surface area contributed by atoms with Gasteiger partial charge in [0.15, 0.2) is 0 Å². The standard InChI is InChI=1S/C12H20O2Si/c1-5-10-15(13-3,14-4)12-8-6-11(2)7-9-12/h6-9H,5,10H2,1-4H3. The number of rotatable bonds is 5. The van der Waals surface area contributed by atoms with Crippen LogP contribution in [0.3, 0.4) is 0 Å². The second-order valence-electron chi connectivity index (χ2n) is 3.78. The Kier molecular flexibility index (Phi) is 4.51. The fourth-order valence-electron chi connectivity index (χ4n) is 1.80. The van der Waals surface area contributed by atoms with Gasteiger partial charge in [0.1, 0.15) is 0 Å². The SMILES string of the molecule is CCC[Si](OC)(OC)c1ccc(C)cc1. The molecule has 15 heavy (non-hydrogen) atoms. The van der Waals surface area contributed by atoms with Crippen molar-refractivity contribution in [2.45, 2.75) is 26.3 Å². The molecule has 0 saturated carbocycles. The molecule has 1 rings (SSSR count). The lowest BCUT2D eigenvalue weighted by atomic mass is 10.2. The molecule has 0 heterocycles. The maximum atomic E-state index is 5.67. The quantitative estimate of drug-likeness (QED) is 0.715. The molecule has 0 bridgehead atoms. The van der Waals surface area contributed by atoms with Gasteiger partial charge in [-0.15, -0.1) is 0 Å². The Bertz CT molecular complexity index is 291. The maximum Gasteiger partial charge on any atom is 0.371 e. The molecular formula is C12H20O2Si. The molecule has 0 radical (unpaired) electrons. The Morgan fingerprint density at radius 2 is 1.60 bits per heavy atom. The van der Waals surface area contributed by atoms with Crippen LogP contribution in [0.4, 0.5) is 0 Å². The molecule has 3 heteroatoms. The zero-order valence-corrected chi connectivity index (χ0v) is 11.0. The second-order valence-corrected chi connectivity index (χ2v) is 7.18. The Balaban J connectivity index is 3.02.